The van der Waals surface area contributed by atoms with Gasteiger partial charge in [0.2, 0.25) is 0 Å². The molecular formula is C17H21NO. The molecule has 0 amide bonds. The highest BCUT2D eigenvalue weighted by molar-refractivity contribution is 5.29. The van der Waals surface area contributed by atoms with Crippen LogP contribution in [0.4, 0.5) is 0 Å². The minimum Gasteiger partial charge on any atom is -0.508 e. The number of hydrogen-bond donors (Lipinski definition) is 1. The zero-order valence-corrected chi connectivity index (χ0v) is 11.7. The summed E-state index contributed by atoms with van der Waals surface area (Å²) in [4.78, 5) is 2.31. The molecule has 0 saturated heterocycles. The van der Waals surface area contributed by atoms with E-state index in [1.165, 1.54) is 5.56 Å². The molecule has 0 heterocycles. The average molecular weight is 255 g/mol. The molecule has 2 heteroatoms. The first-order valence-corrected chi connectivity index (χ1v) is 6.65. The van der Waals surface area contributed by atoms with Gasteiger partial charge in [-0.1, -0.05) is 42.5 Å². The molecule has 2 aromatic rings. The van der Waals surface area contributed by atoms with E-state index in [1.807, 2.05) is 18.2 Å². The fourth-order valence-corrected chi connectivity index (χ4v) is 2.32. The zero-order chi connectivity index (χ0) is 13.8. The van der Waals surface area contributed by atoms with Gasteiger partial charge >= 0.3 is 0 Å². The second-order valence-electron chi connectivity index (χ2n) is 5.02. The molecule has 0 radical (unpaired) electrons. The molecule has 1 unspecified atom stereocenters. The van der Waals surface area contributed by atoms with E-state index < -0.39 is 0 Å². The third-order valence-electron chi connectivity index (χ3n) is 3.86. The highest BCUT2D eigenvalue weighted by atomic mass is 16.3. The van der Waals surface area contributed by atoms with E-state index in [9.17, 15) is 5.11 Å². The molecule has 1 N–H and O–H groups in total. The van der Waals surface area contributed by atoms with E-state index >= 15 is 0 Å². The van der Waals surface area contributed by atoms with Crippen molar-refractivity contribution in [3.8, 4) is 5.75 Å². The van der Waals surface area contributed by atoms with Crippen LogP contribution in [0.5, 0.6) is 5.75 Å². The Morgan fingerprint density at radius 3 is 2.05 bits per heavy atom. The molecule has 0 bridgehead atoms. The van der Waals surface area contributed by atoms with E-state index in [2.05, 4.69) is 56.1 Å². The van der Waals surface area contributed by atoms with Crippen molar-refractivity contribution in [2.75, 3.05) is 7.05 Å². The van der Waals surface area contributed by atoms with Crippen LogP contribution in [0.15, 0.2) is 54.6 Å². The standard InChI is InChI=1S/C17H21NO/c1-13(15-8-5-4-6-9-15)18(3)14(2)16-10-7-11-17(19)12-16/h4-14,19H,1-3H3/t13?,14-/m0/s1. The largest absolute Gasteiger partial charge is 0.508 e. The van der Waals surface area contributed by atoms with Crippen LogP contribution in [0.1, 0.15) is 37.1 Å². The fourth-order valence-electron chi connectivity index (χ4n) is 2.32. The lowest BCUT2D eigenvalue weighted by atomic mass is 10.0. The maximum atomic E-state index is 9.58. The number of nitrogens with zero attached hydrogens (tertiary/aromatic N) is 1. The van der Waals surface area contributed by atoms with Gasteiger partial charge in [0.1, 0.15) is 5.75 Å². The van der Waals surface area contributed by atoms with Crippen molar-refractivity contribution in [1.29, 1.82) is 0 Å². The minimum absolute atomic E-state index is 0.252. The van der Waals surface area contributed by atoms with Crippen LogP contribution in [0.25, 0.3) is 0 Å². The molecular weight excluding hydrogens is 234 g/mol. The summed E-state index contributed by atoms with van der Waals surface area (Å²) in [6.45, 7) is 4.36. The number of aromatic hydroxyl groups is 1. The van der Waals surface area contributed by atoms with Gasteiger partial charge in [0.15, 0.2) is 0 Å². The second kappa shape index (κ2) is 5.89. The predicted octanol–water partition coefficient (Wildman–Crippen LogP) is 4.15. The lowest BCUT2D eigenvalue weighted by Gasteiger charge is -2.31. The van der Waals surface area contributed by atoms with Gasteiger partial charge in [0.25, 0.3) is 0 Å². The molecule has 2 nitrogen and oxygen atoms in total. The van der Waals surface area contributed by atoms with Gasteiger partial charge in [-0.3, -0.25) is 4.90 Å². The van der Waals surface area contributed by atoms with Crippen LogP contribution in [0.3, 0.4) is 0 Å². The Balaban J connectivity index is 2.17. The molecule has 0 aliphatic carbocycles. The van der Waals surface area contributed by atoms with Gasteiger partial charge < -0.3 is 5.11 Å². The number of hydrogen-bond acceptors (Lipinski definition) is 2. The van der Waals surface area contributed by atoms with Crippen molar-refractivity contribution < 1.29 is 5.11 Å². The smallest absolute Gasteiger partial charge is 0.115 e. The summed E-state index contributed by atoms with van der Waals surface area (Å²) in [6.07, 6.45) is 0. The minimum atomic E-state index is 0.252. The summed E-state index contributed by atoms with van der Waals surface area (Å²) in [7, 11) is 2.12. The molecule has 0 saturated carbocycles. The molecule has 100 valence electrons. The van der Waals surface area contributed by atoms with Crippen LogP contribution < -0.4 is 0 Å². The lowest BCUT2D eigenvalue weighted by Crippen LogP contribution is -2.25. The third kappa shape index (κ3) is 3.15. The molecule has 0 fully saturated rings. The van der Waals surface area contributed by atoms with E-state index in [1.54, 1.807) is 6.07 Å². The van der Waals surface area contributed by atoms with E-state index in [-0.39, 0.29) is 6.04 Å². The van der Waals surface area contributed by atoms with E-state index in [0.717, 1.165) is 5.56 Å². The highest BCUT2D eigenvalue weighted by Crippen LogP contribution is 2.29. The first kappa shape index (κ1) is 13.6. The van der Waals surface area contributed by atoms with Gasteiger partial charge in [-0.2, -0.15) is 0 Å². The second-order valence-corrected chi connectivity index (χ2v) is 5.02. The summed E-state index contributed by atoms with van der Waals surface area (Å²) >= 11 is 0. The molecule has 19 heavy (non-hydrogen) atoms. The Morgan fingerprint density at radius 2 is 1.42 bits per heavy atom. The van der Waals surface area contributed by atoms with Crippen molar-refractivity contribution in [3.05, 3.63) is 65.7 Å². The Bertz CT molecular complexity index is 524. The van der Waals surface area contributed by atoms with E-state index in [0.29, 0.717) is 11.8 Å². The van der Waals surface area contributed by atoms with Crippen LogP contribution in [-0.4, -0.2) is 17.1 Å². The highest BCUT2D eigenvalue weighted by Gasteiger charge is 2.18. The molecule has 2 rings (SSSR count). The number of phenolic OH excluding ortho intramolecular Hbond substituents is 1. The van der Waals surface area contributed by atoms with Crippen LogP contribution in [0, 0.1) is 0 Å². The zero-order valence-electron chi connectivity index (χ0n) is 11.7. The van der Waals surface area contributed by atoms with Crippen LogP contribution >= 0.6 is 0 Å². The van der Waals surface area contributed by atoms with Gasteiger partial charge in [0.05, 0.1) is 0 Å². The van der Waals surface area contributed by atoms with Gasteiger partial charge in [-0.05, 0) is 44.2 Å². The average Bonchev–Trinajstić information content (AvgIpc) is 2.46. The van der Waals surface area contributed by atoms with Gasteiger partial charge in [-0.25, -0.2) is 0 Å². The molecule has 0 aliphatic heterocycles. The van der Waals surface area contributed by atoms with Gasteiger partial charge in [0, 0.05) is 12.1 Å². The number of phenols is 1. The molecule has 2 atom stereocenters. The van der Waals surface area contributed by atoms with E-state index in [4.69, 9.17) is 0 Å². The first-order valence-electron chi connectivity index (χ1n) is 6.65. The van der Waals surface area contributed by atoms with Crippen molar-refractivity contribution >= 4 is 0 Å². The maximum Gasteiger partial charge on any atom is 0.115 e. The Morgan fingerprint density at radius 1 is 0.842 bits per heavy atom. The summed E-state index contributed by atoms with van der Waals surface area (Å²) in [5.41, 5.74) is 2.43. The quantitative estimate of drug-likeness (QED) is 0.887. The third-order valence-corrected chi connectivity index (χ3v) is 3.86. The molecule has 2 aromatic carbocycles. The Labute approximate surface area is 115 Å². The summed E-state index contributed by atoms with van der Waals surface area (Å²) in [5.74, 6) is 0.324. The van der Waals surface area contributed by atoms with Crippen molar-refractivity contribution in [2.24, 2.45) is 0 Å². The summed E-state index contributed by atoms with van der Waals surface area (Å²) in [6, 6.07) is 18.5. The Kier molecular flexibility index (Phi) is 4.23. The predicted molar refractivity (Wildman–Crippen MR) is 79.1 cm³/mol. The van der Waals surface area contributed by atoms with Crippen LogP contribution in [-0.2, 0) is 0 Å². The molecule has 0 aliphatic rings. The fraction of sp³-hybridized carbons (Fsp3) is 0.294. The van der Waals surface area contributed by atoms with Crippen molar-refractivity contribution in [2.45, 2.75) is 25.9 Å². The summed E-state index contributed by atoms with van der Waals surface area (Å²) in [5, 5.41) is 9.58. The van der Waals surface area contributed by atoms with Crippen molar-refractivity contribution in [3.63, 3.8) is 0 Å². The summed E-state index contributed by atoms with van der Waals surface area (Å²) < 4.78 is 0. The monoisotopic (exact) mass is 255 g/mol. The van der Waals surface area contributed by atoms with Crippen LogP contribution in [0.2, 0.25) is 0 Å². The number of benzene rings is 2. The van der Waals surface area contributed by atoms with Crippen molar-refractivity contribution in [1.82, 2.24) is 4.90 Å². The SMILES string of the molecule is CC(c1ccccc1)N(C)[C@@H](C)c1cccc(O)c1. The normalized spacial score (nSPS) is 14.3. The molecule has 0 aromatic heterocycles. The Hall–Kier alpha value is -1.80. The van der Waals surface area contributed by atoms with Gasteiger partial charge in [-0.15, -0.1) is 0 Å². The molecule has 0 spiro atoms. The first-order chi connectivity index (χ1) is 9.09. The number of rotatable bonds is 4. The maximum absolute atomic E-state index is 9.58. The lowest BCUT2D eigenvalue weighted by molar-refractivity contribution is 0.199. The topological polar surface area (TPSA) is 23.5 Å².